The molecule has 0 atom stereocenters. The lowest BCUT2D eigenvalue weighted by Gasteiger charge is -2.21. The third kappa shape index (κ3) is 4.87. The van der Waals surface area contributed by atoms with Crippen LogP contribution in [0, 0.1) is 0 Å². The standard InChI is InChI=1S/C44H33N/c1-44(2)40-22-10-9-21-38(40)39-27-36(23-24-41(39)44)34-19-11-17-32(25-34)33-18-12-20-35(26-33)37-28-42(30-13-5-3-6-14-30)45-43(29-37)31-15-7-4-8-16-31/h3-29H,1-2H3. The summed E-state index contributed by atoms with van der Waals surface area (Å²) in [6.45, 7) is 4.67. The van der Waals surface area contributed by atoms with Crippen molar-refractivity contribution in [2.45, 2.75) is 19.3 Å². The van der Waals surface area contributed by atoms with Crippen molar-refractivity contribution in [3.05, 3.63) is 175 Å². The zero-order valence-corrected chi connectivity index (χ0v) is 25.5. The van der Waals surface area contributed by atoms with Crippen LogP contribution in [0.25, 0.3) is 67.0 Å². The van der Waals surface area contributed by atoms with Crippen LogP contribution in [0.1, 0.15) is 25.0 Å². The molecule has 1 nitrogen and oxygen atoms in total. The van der Waals surface area contributed by atoms with Crippen molar-refractivity contribution in [2.75, 3.05) is 0 Å². The van der Waals surface area contributed by atoms with Crippen LogP contribution in [0.4, 0.5) is 0 Å². The summed E-state index contributed by atoms with van der Waals surface area (Å²) >= 11 is 0. The second-order valence-corrected chi connectivity index (χ2v) is 12.5. The number of pyridine rings is 1. The number of benzene rings is 6. The number of hydrogen-bond donors (Lipinski definition) is 0. The summed E-state index contributed by atoms with van der Waals surface area (Å²) in [5.41, 5.74) is 16.9. The van der Waals surface area contributed by atoms with Crippen LogP contribution in [0.2, 0.25) is 0 Å². The van der Waals surface area contributed by atoms with E-state index in [2.05, 4.69) is 166 Å². The molecule has 214 valence electrons. The summed E-state index contributed by atoms with van der Waals surface area (Å²) in [7, 11) is 0. The fourth-order valence-corrected chi connectivity index (χ4v) is 6.87. The zero-order chi connectivity index (χ0) is 30.4. The Morgan fingerprint density at radius 1 is 0.333 bits per heavy atom. The molecule has 0 aliphatic heterocycles. The van der Waals surface area contributed by atoms with Crippen molar-refractivity contribution >= 4 is 0 Å². The Labute approximate surface area is 265 Å². The van der Waals surface area contributed by atoms with Gasteiger partial charge in [0, 0.05) is 16.5 Å². The van der Waals surface area contributed by atoms with Crippen LogP contribution < -0.4 is 0 Å². The van der Waals surface area contributed by atoms with E-state index in [0.29, 0.717) is 0 Å². The van der Waals surface area contributed by atoms with Crippen molar-refractivity contribution < 1.29 is 0 Å². The van der Waals surface area contributed by atoms with Gasteiger partial charge in [-0.1, -0.05) is 147 Å². The molecule has 1 aliphatic carbocycles. The summed E-state index contributed by atoms with van der Waals surface area (Å²) in [5.74, 6) is 0. The highest BCUT2D eigenvalue weighted by Gasteiger charge is 2.35. The minimum absolute atomic E-state index is 0.0143. The van der Waals surface area contributed by atoms with Crippen LogP contribution >= 0.6 is 0 Å². The molecule has 1 aliphatic rings. The molecule has 1 aromatic heterocycles. The molecular weight excluding hydrogens is 542 g/mol. The minimum Gasteiger partial charge on any atom is -0.248 e. The molecule has 8 rings (SSSR count). The maximum Gasteiger partial charge on any atom is 0.0715 e. The lowest BCUT2D eigenvalue weighted by Crippen LogP contribution is -2.14. The second-order valence-electron chi connectivity index (χ2n) is 12.5. The number of nitrogens with zero attached hydrogens (tertiary/aromatic N) is 1. The minimum atomic E-state index is 0.0143. The Kier molecular flexibility index (Phi) is 6.54. The molecule has 0 bridgehead atoms. The maximum absolute atomic E-state index is 5.07. The van der Waals surface area contributed by atoms with Crippen LogP contribution in [-0.2, 0) is 5.41 Å². The van der Waals surface area contributed by atoms with Crippen LogP contribution in [0.15, 0.2) is 164 Å². The summed E-state index contributed by atoms with van der Waals surface area (Å²) < 4.78 is 0. The van der Waals surface area contributed by atoms with E-state index in [1.54, 1.807) is 0 Å². The van der Waals surface area contributed by atoms with Gasteiger partial charge in [0.1, 0.15) is 0 Å². The van der Waals surface area contributed by atoms with E-state index in [1.807, 2.05) is 12.1 Å². The summed E-state index contributed by atoms with van der Waals surface area (Å²) in [6, 6.07) is 59.0. The molecule has 45 heavy (non-hydrogen) atoms. The van der Waals surface area contributed by atoms with E-state index in [-0.39, 0.29) is 5.41 Å². The predicted molar refractivity (Wildman–Crippen MR) is 189 cm³/mol. The highest BCUT2D eigenvalue weighted by atomic mass is 14.7. The molecule has 0 radical (unpaired) electrons. The lowest BCUT2D eigenvalue weighted by molar-refractivity contribution is 0.660. The second kappa shape index (κ2) is 10.9. The quantitative estimate of drug-likeness (QED) is 0.199. The first-order valence-electron chi connectivity index (χ1n) is 15.6. The Morgan fingerprint density at radius 3 is 1.36 bits per heavy atom. The summed E-state index contributed by atoms with van der Waals surface area (Å²) in [5, 5.41) is 0. The van der Waals surface area contributed by atoms with Gasteiger partial charge in [-0.3, -0.25) is 0 Å². The Morgan fingerprint density at radius 2 is 0.778 bits per heavy atom. The molecule has 0 saturated carbocycles. The smallest absolute Gasteiger partial charge is 0.0715 e. The van der Waals surface area contributed by atoms with E-state index in [4.69, 9.17) is 4.98 Å². The van der Waals surface area contributed by atoms with Crippen molar-refractivity contribution in [3.63, 3.8) is 0 Å². The van der Waals surface area contributed by atoms with Gasteiger partial charge in [0.15, 0.2) is 0 Å². The van der Waals surface area contributed by atoms with Crippen LogP contribution in [0.3, 0.4) is 0 Å². The van der Waals surface area contributed by atoms with E-state index in [0.717, 1.165) is 28.1 Å². The summed E-state index contributed by atoms with van der Waals surface area (Å²) in [6.07, 6.45) is 0. The number of hydrogen-bond acceptors (Lipinski definition) is 1. The molecule has 6 aromatic carbocycles. The van der Waals surface area contributed by atoms with Gasteiger partial charge in [-0.05, 0) is 86.0 Å². The molecule has 0 amide bonds. The van der Waals surface area contributed by atoms with Crippen LogP contribution in [-0.4, -0.2) is 4.98 Å². The normalized spacial score (nSPS) is 12.8. The molecule has 1 heterocycles. The largest absolute Gasteiger partial charge is 0.248 e. The SMILES string of the molecule is CC1(C)c2ccccc2-c2cc(-c3cccc(-c4cccc(-c5cc(-c6ccccc6)nc(-c6ccccc6)c5)c4)c3)ccc21. The first kappa shape index (κ1) is 27.0. The molecule has 0 saturated heterocycles. The Bertz CT molecular complexity index is 2120. The van der Waals surface area contributed by atoms with E-state index in [9.17, 15) is 0 Å². The Balaban J connectivity index is 1.19. The highest BCUT2D eigenvalue weighted by molar-refractivity contribution is 5.86. The van der Waals surface area contributed by atoms with Gasteiger partial charge in [-0.25, -0.2) is 4.98 Å². The predicted octanol–water partition coefficient (Wildman–Crippen LogP) is 11.7. The molecule has 0 spiro atoms. The van der Waals surface area contributed by atoms with Gasteiger partial charge in [0.05, 0.1) is 11.4 Å². The van der Waals surface area contributed by atoms with Crippen LogP contribution in [0.5, 0.6) is 0 Å². The fraction of sp³-hybridized carbons (Fsp3) is 0.0682. The summed E-state index contributed by atoms with van der Waals surface area (Å²) in [4.78, 5) is 5.07. The molecular formula is C44H33N. The van der Waals surface area contributed by atoms with Gasteiger partial charge in [-0.15, -0.1) is 0 Å². The highest BCUT2D eigenvalue weighted by Crippen LogP contribution is 2.49. The molecule has 1 heteroatoms. The number of aromatic nitrogens is 1. The maximum atomic E-state index is 5.07. The average molecular weight is 576 g/mol. The third-order valence-corrected chi connectivity index (χ3v) is 9.27. The number of fused-ring (bicyclic) bond motifs is 3. The Hall–Kier alpha value is -5.53. The first-order valence-corrected chi connectivity index (χ1v) is 15.6. The fourth-order valence-electron chi connectivity index (χ4n) is 6.87. The van der Waals surface area contributed by atoms with Crippen molar-refractivity contribution in [2.24, 2.45) is 0 Å². The van der Waals surface area contributed by atoms with Crippen molar-refractivity contribution in [1.29, 1.82) is 0 Å². The van der Waals surface area contributed by atoms with Crippen molar-refractivity contribution in [1.82, 2.24) is 4.98 Å². The van der Waals surface area contributed by atoms with Gasteiger partial charge in [0.25, 0.3) is 0 Å². The lowest BCUT2D eigenvalue weighted by atomic mass is 9.82. The molecule has 0 N–H and O–H groups in total. The molecule has 0 fully saturated rings. The van der Waals surface area contributed by atoms with Crippen molar-refractivity contribution in [3.8, 4) is 67.0 Å². The monoisotopic (exact) mass is 575 g/mol. The third-order valence-electron chi connectivity index (χ3n) is 9.27. The van der Waals surface area contributed by atoms with Gasteiger partial charge < -0.3 is 0 Å². The van der Waals surface area contributed by atoms with Gasteiger partial charge in [0.2, 0.25) is 0 Å². The van der Waals surface area contributed by atoms with E-state index >= 15 is 0 Å². The van der Waals surface area contributed by atoms with E-state index < -0.39 is 0 Å². The van der Waals surface area contributed by atoms with Gasteiger partial charge >= 0.3 is 0 Å². The topological polar surface area (TPSA) is 12.9 Å². The zero-order valence-electron chi connectivity index (χ0n) is 25.5. The average Bonchev–Trinajstić information content (AvgIpc) is 3.34. The first-order chi connectivity index (χ1) is 22.0. The van der Waals surface area contributed by atoms with E-state index in [1.165, 1.54) is 50.1 Å². The molecule has 0 unspecified atom stereocenters. The molecule has 7 aromatic rings. The number of rotatable bonds is 5. The van der Waals surface area contributed by atoms with Gasteiger partial charge in [-0.2, -0.15) is 0 Å².